The minimum absolute atomic E-state index is 0.0268. The maximum absolute atomic E-state index is 11.3. The molecule has 0 unspecified atom stereocenters. The number of anilines is 1. The average molecular weight is 266 g/mol. The van der Waals surface area contributed by atoms with E-state index in [2.05, 4.69) is 6.58 Å². The van der Waals surface area contributed by atoms with E-state index in [0.29, 0.717) is 22.5 Å². The molecule has 1 heterocycles. The van der Waals surface area contributed by atoms with Crippen molar-refractivity contribution in [2.75, 3.05) is 11.4 Å². The summed E-state index contributed by atoms with van der Waals surface area (Å²) in [7, 11) is 0. The lowest BCUT2D eigenvalue weighted by molar-refractivity contribution is -0.383. The average Bonchev–Trinajstić information content (AvgIpc) is 3.03. The molecule has 0 spiro atoms. The van der Waals surface area contributed by atoms with Gasteiger partial charge >= 0.3 is 5.69 Å². The van der Waals surface area contributed by atoms with Crippen LogP contribution >= 0.6 is 11.3 Å². The first-order chi connectivity index (χ1) is 8.54. The van der Waals surface area contributed by atoms with Gasteiger partial charge in [-0.1, -0.05) is 6.08 Å². The molecule has 6 heteroatoms. The molecule has 0 saturated heterocycles. The fourth-order valence-corrected chi connectivity index (χ4v) is 2.91. The number of nitro groups is 1. The highest BCUT2D eigenvalue weighted by molar-refractivity contribution is 7.18. The number of thiophene rings is 1. The molecular formula is C12H14N2O3S. The number of hydrogen-bond acceptors (Lipinski definition) is 5. The van der Waals surface area contributed by atoms with Crippen LogP contribution in [0.25, 0.3) is 0 Å². The van der Waals surface area contributed by atoms with Crippen LogP contribution in [-0.4, -0.2) is 23.3 Å². The molecule has 18 heavy (non-hydrogen) atoms. The fraction of sp³-hybridized carbons (Fsp3) is 0.417. The predicted molar refractivity (Wildman–Crippen MR) is 71.5 cm³/mol. The molecule has 2 rings (SSSR count). The van der Waals surface area contributed by atoms with Gasteiger partial charge in [-0.3, -0.25) is 14.9 Å². The first-order valence-electron chi connectivity index (χ1n) is 5.71. The van der Waals surface area contributed by atoms with Gasteiger partial charge in [0, 0.05) is 18.7 Å². The molecule has 1 aromatic heterocycles. The molecule has 1 fully saturated rings. The Morgan fingerprint density at radius 3 is 2.83 bits per heavy atom. The van der Waals surface area contributed by atoms with Gasteiger partial charge in [-0.05, 0) is 19.8 Å². The zero-order valence-electron chi connectivity index (χ0n) is 10.1. The predicted octanol–water partition coefficient (Wildman–Crippen LogP) is 3.01. The lowest BCUT2D eigenvalue weighted by atomic mass is 10.3. The summed E-state index contributed by atoms with van der Waals surface area (Å²) in [5, 5.41) is 11.6. The molecule has 1 aliphatic carbocycles. The first kappa shape index (κ1) is 12.8. The van der Waals surface area contributed by atoms with E-state index in [0.717, 1.165) is 12.8 Å². The summed E-state index contributed by atoms with van der Waals surface area (Å²) in [4.78, 5) is 24.4. The third-order valence-electron chi connectivity index (χ3n) is 2.81. The number of rotatable bonds is 6. The Morgan fingerprint density at radius 2 is 2.39 bits per heavy atom. The molecular weight excluding hydrogens is 252 g/mol. The van der Waals surface area contributed by atoms with Crippen molar-refractivity contribution in [3.63, 3.8) is 0 Å². The van der Waals surface area contributed by atoms with E-state index in [1.165, 1.54) is 24.3 Å². The van der Waals surface area contributed by atoms with Gasteiger partial charge in [0.25, 0.3) is 0 Å². The van der Waals surface area contributed by atoms with E-state index in [9.17, 15) is 14.9 Å². The Labute approximate surface area is 109 Å². The highest BCUT2D eigenvalue weighted by Crippen LogP contribution is 2.42. The zero-order chi connectivity index (χ0) is 13.3. The highest BCUT2D eigenvalue weighted by atomic mass is 32.1. The van der Waals surface area contributed by atoms with Crippen LogP contribution in [0, 0.1) is 10.1 Å². The summed E-state index contributed by atoms with van der Waals surface area (Å²) in [5.74, 6) is -0.135. The molecule has 0 N–H and O–H groups in total. The number of nitrogens with zero attached hydrogens (tertiary/aromatic N) is 2. The number of ketones is 1. The van der Waals surface area contributed by atoms with Crippen molar-refractivity contribution in [3.8, 4) is 0 Å². The molecule has 0 radical (unpaired) electrons. The number of hydrogen-bond donors (Lipinski definition) is 0. The standard InChI is InChI=1S/C12H14N2O3S/c1-3-6-13(9-4-5-9)12-10(14(16)17)7-11(18-12)8(2)15/h3,7,9H,1,4-6H2,2H3. The Bertz CT molecular complexity index is 505. The summed E-state index contributed by atoms with van der Waals surface area (Å²) in [6, 6.07) is 1.72. The van der Waals surface area contributed by atoms with Gasteiger partial charge in [-0.25, -0.2) is 0 Å². The van der Waals surface area contributed by atoms with Gasteiger partial charge in [0.2, 0.25) is 0 Å². The van der Waals surface area contributed by atoms with Crippen LogP contribution in [0.3, 0.4) is 0 Å². The van der Waals surface area contributed by atoms with Crippen molar-refractivity contribution < 1.29 is 9.72 Å². The second kappa shape index (κ2) is 4.89. The maximum atomic E-state index is 11.3. The third-order valence-corrected chi connectivity index (χ3v) is 4.07. The van der Waals surface area contributed by atoms with Crippen molar-refractivity contribution in [1.29, 1.82) is 0 Å². The van der Waals surface area contributed by atoms with Crippen LogP contribution in [0.2, 0.25) is 0 Å². The summed E-state index contributed by atoms with van der Waals surface area (Å²) in [6.07, 6.45) is 3.81. The van der Waals surface area contributed by atoms with Gasteiger partial charge < -0.3 is 4.90 Å². The van der Waals surface area contributed by atoms with E-state index in [1.807, 2.05) is 4.90 Å². The number of carbonyl (C=O) groups is 1. The molecule has 5 nitrogen and oxygen atoms in total. The van der Waals surface area contributed by atoms with Crippen molar-refractivity contribution >= 4 is 27.8 Å². The Balaban J connectivity index is 2.42. The summed E-state index contributed by atoms with van der Waals surface area (Å²) in [5.41, 5.74) is 0.0268. The van der Waals surface area contributed by atoms with E-state index in [1.54, 1.807) is 6.08 Å². The van der Waals surface area contributed by atoms with Crippen molar-refractivity contribution in [2.24, 2.45) is 0 Å². The summed E-state index contributed by atoms with van der Waals surface area (Å²) >= 11 is 1.20. The van der Waals surface area contributed by atoms with Crippen LogP contribution < -0.4 is 4.90 Å². The van der Waals surface area contributed by atoms with Gasteiger partial charge in [0.05, 0.1) is 9.80 Å². The minimum atomic E-state index is -0.420. The molecule has 0 atom stereocenters. The summed E-state index contributed by atoms with van der Waals surface area (Å²) in [6.45, 7) is 5.68. The van der Waals surface area contributed by atoms with E-state index in [-0.39, 0.29) is 11.5 Å². The lowest BCUT2D eigenvalue weighted by Gasteiger charge is -2.19. The Morgan fingerprint density at radius 1 is 1.72 bits per heavy atom. The smallest absolute Gasteiger partial charge is 0.304 e. The highest BCUT2D eigenvalue weighted by Gasteiger charge is 2.34. The molecule has 0 aromatic carbocycles. The quantitative estimate of drug-likeness (QED) is 0.343. The molecule has 0 bridgehead atoms. The Hall–Kier alpha value is -1.69. The fourth-order valence-electron chi connectivity index (χ4n) is 1.80. The summed E-state index contributed by atoms with van der Waals surface area (Å²) < 4.78 is 0. The van der Waals surface area contributed by atoms with Gasteiger partial charge in [-0.15, -0.1) is 17.9 Å². The molecule has 96 valence electrons. The molecule has 0 aliphatic heterocycles. The maximum Gasteiger partial charge on any atom is 0.304 e. The van der Waals surface area contributed by atoms with E-state index >= 15 is 0 Å². The van der Waals surface area contributed by atoms with Gasteiger partial charge in [0.1, 0.15) is 0 Å². The molecule has 0 amide bonds. The van der Waals surface area contributed by atoms with Crippen molar-refractivity contribution in [2.45, 2.75) is 25.8 Å². The van der Waals surface area contributed by atoms with Crippen LogP contribution in [0.5, 0.6) is 0 Å². The first-order valence-corrected chi connectivity index (χ1v) is 6.53. The van der Waals surface area contributed by atoms with Gasteiger partial charge in [-0.2, -0.15) is 0 Å². The molecule has 1 aliphatic rings. The second-order valence-corrected chi connectivity index (χ2v) is 5.32. The normalized spacial score (nSPS) is 14.3. The lowest BCUT2D eigenvalue weighted by Crippen LogP contribution is -2.25. The Kier molecular flexibility index (Phi) is 3.47. The van der Waals surface area contributed by atoms with Crippen LogP contribution in [-0.2, 0) is 0 Å². The van der Waals surface area contributed by atoms with Gasteiger partial charge in [0.15, 0.2) is 10.8 Å². The number of carbonyl (C=O) groups excluding carboxylic acids is 1. The van der Waals surface area contributed by atoms with Crippen molar-refractivity contribution in [1.82, 2.24) is 0 Å². The van der Waals surface area contributed by atoms with E-state index < -0.39 is 4.92 Å². The monoisotopic (exact) mass is 266 g/mol. The minimum Gasteiger partial charge on any atom is -0.351 e. The van der Waals surface area contributed by atoms with E-state index in [4.69, 9.17) is 0 Å². The van der Waals surface area contributed by atoms with Crippen LogP contribution in [0.4, 0.5) is 10.7 Å². The van der Waals surface area contributed by atoms with Crippen molar-refractivity contribution in [3.05, 3.63) is 33.7 Å². The largest absolute Gasteiger partial charge is 0.351 e. The SMILES string of the molecule is C=CCN(c1sc(C(C)=O)cc1[N+](=O)[O-])C1CC1. The molecule has 1 saturated carbocycles. The molecule has 1 aromatic rings. The number of Topliss-reactive ketones (excluding diaryl/α,β-unsaturated/α-hetero) is 1. The third kappa shape index (κ3) is 2.43. The van der Waals surface area contributed by atoms with Crippen LogP contribution in [0.15, 0.2) is 18.7 Å². The zero-order valence-corrected chi connectivity index (χ0v) is 10.9. The topological polar surface area (TPSA) is 63.5 Å². The van der Waals surface area contributed by atoms with Crippen LogP contribution in [0.1, 0.15) is 29.4 Å². The second-order valence-electron chi connectivity index (χ2n) is 4.29.